The lowest BCUT2D eigenvalue weighted by atomic mass is 10.0. The number of furan rings is 1. The van der Waals surface area contributed by atoms with Crippen LogP contribution in [-0.2, 0) is 0 Å². The van der Waals surface area contributed by atoms with Crippen molar-refractivity contribution in [1.82, 2.24) is 14.8 Å². The van der Waals surface area contributed by atoms with Crippen LogP contribution in [0.25, 0.3) is 11.0 Å². The third-order valence-electron chi connectivity index (χ3n) is 3.10. The first-order valence-corrected chi connectivity index (χ1v) is 6.80. The predicted octanol–water partition coefficient (Wildman–Crippen LogP) is 2.86. The molecule has 1 amide bonds. The first kappa shape index (κ1) is 12.7. The Bertz CT molecular complexity index is 792. The SMILES string of the molecule is Cc1cc(C)c2c(C)c(C(=O)Nc3nnns3)oc2c1. The van der Waals surface area contributed by atoms with Gasteiger partial charge in [-0.15, -0.1) is 0 Å². The quantitative estimate of drug-likeness (QED) is 0.784. The molecule has 0 saturated carbocycles. The zero-order valence-corrected chi connectivity index (χ0v) is 12.0. The summed E-state index contributed by atoms with van der Waals surface area (Å²) in [6, 6.07) is 4.00. The molecule has 0 aliphatic carbocycles. The molecule has 0 saturated heterocycles. The van der Waals surface area contributed by atoms with Crippen molar-refractivity contribution in [2.45, 2.75) is 20.8 Å². The Balaban J connectivity index is 2.06. The summed E-state index contributed by atoms with van der Waals surface area (Å²) in [5.41, 5.74) is 3.75. The third-order valence-corrected chi connectivity index (χ3v) is 3.61. The van der Waals surface area contributed by atoms with E-state index in [1.807, 2.05) is 26.8 Å². The number of nitrogens with zero attached hydrogens (tertiary/aromatic N) is 3. The van der Waals surface area contributed by atoms with Gasteiger partial charge in [-0.25, -0.2) is 0 Å². The van der Waals surface area contributed by atoms with Gasteiger partial charge in [0.2, 0.25) is 5.13 Å². The van der Waals surface area contributed by atoms with E-state index in [1.54, 1.807) is 0 Å². The Hall–Kier alpha value is -2.28. The van der Waals surface area contributed by atoms with Crippen molar-refractivity contribution >= 4 is 33.5 Å². The van der Waals surface area contributed by atoms with Crippen molar-refractivity contribution in [1.29, 1.82) is 0 Å². The highest BCUT2D eigenvalue weighted by Crippen LogP contribution is 2.29. The highest BCUT2D eigenvalue weighted by molar-refractivity contribution is 7.09. The van der Waals surface area contributed by atoms with Crippen LogP contribution in [0.2, 0.25) is 0 Å². The lowest BCUT2D eigenvalue weighted by molar-refractivity contribution is 0.0998. The Kier molecular flexibility index (Phi) is 2.98. The lowest BCUT2D eigenvalue weighted by Gasteiger charge is -1.99. The molecule has 7 heteroatoms. The predicted molar refractivity (Wildman–Crippen MR) is 76.1 cm³/mol. The molecule has 0 spiro atoms. The summed E-state index contributed by atoms with van der Waals surface area (Å²) in [5.74, 6) is -0.0433. The second kappa shape index (κ2) is 4.68. The number of nitrogens with one attached hydrogen (secondary N) is 1. The van der Waals surface area contributed by atoms with E-state index in [4.69, 9.17) is 4.42 Å². The van der Waals surface area contributed by atoms with Gasteiger partial charge in [0.05, 0.1) is 0 Å². The number of carbonyl (C=O) groups excluding carboxylic acids is 1. The second-order valence-electron chi connectivity index (χ2n) is 4.63. The average Bonchev–Trinajstić information content (AvgIpc) is 2.97. The van der Waals surface area contributed by atoms with Crippen molar-refractivity contribution in [2.24, 2.45) is 0 Å². The maximum absolute atomic E-state index is 12.2. The molecule has 0 aliphatic rings. The molecule has 0 aliphatic heterocycles. The van der Waals surface area contributed by atoms with Crippen molar-refractivity contribution in [3.05, 3.63) is 34.6 Å². The van der Waals surface area contributed by atoms with Crippen molar-refractivity contribution in [2.75, 3.05) is 5.32 Å². The number of rotatable bonds is 2. The van der Waals surface area contributed by atoms with Gasteiger partial charge in [-0.1, -0.05) is 15.7 Å². The number of aryl methyl sites for hydroxylation is 3. The molecule has 0 unspecified atom stereocenters. The summed E-state index contributed by atoms with van der Waals surface area (Å²) in [4.78, 5) is 12.2. The van der Waals surface area contributed by atoms with Gasteiger partial charge in [0.1, 0.15) is 5.58 Å². The maximum Gasteiger partial charge on any atom is 0.293 e. The molecule has 3 rings (SSSR count). The van der Waals surface area contributed by atoms with Crippen LogP contribution in [0.1, 0.15) is 27.2 Å². The summed E-state index contributed by atoms with van der Waals surface area (Å²) < 4.78 is 9.29. The number of anilines is 1. The van der Waals surface area contributed by atoms with Crippen LogP contribution in [0.5, 0.6) is 0 Å². The van der Waals surface area contributed by atoms with Crippen LogP contribution >= 0.6 is 11.5 Å². The molecule has 1 N–H and O–H groups in total. The first-order chi connectivity index (χ1) is 9.56. The Labute approximate surface area is 119 Å². The number of carbonyl (C=O) groups is 1. The zero-order valence-electron chi connectivity index (χ0n) is 11.2. The third kappa shape index (κ3) is 2.05. The van der Waals surface area contributed by atoms with Crippen LogP contribution in [0, 0.1) is 20.8 Å². The number of fused-ring (bicyclic) bond motifs is 1. The number of hydrogen-bond acceptors (Lipinski definition) is 6. The highest BCUT2D eigenvalue weighted by atomic mass is 32.1. The molecule has 102 valence electrons. The Morgan fingerprint density at radius 2 is 2.10 bits per heavy atom. The van der Waals surface area contributed by atoms with E-state index in [-0.39, 0.29) is 5.91 Å². The van der Waals surface area contributed by atoms with Gasteiger partial charge in [0.25, 0.3) is 5.91 Å². The molecular formula is C13H12N4O2S. The fraction of sp³-hybridized carbons (Fsp3) is 0.231. The van der Waals surface area contributed by atoms with Gasteiger partial charge in [0.15, 0.2) is 5.76 Å². The van der Waals surface area contributed by atoms with E-state index in [2.05, 4.69) is 26.2 Å². The number of hydrogen-bond donors (Lipinski definition) is 1. The summed E-state index contributed by atoms with van der Waals surface area (Å²) in [7, 11) is 0. The van der Waals surface area contributed by atoms with Crippen LogP contribution < -0.4 is 5.32 Å². The summed E-state index contributed by atoms with van der Waals surface area (Å²) in [5, 5.41) is 11.1. The average molecular weight is 288 g/mol. The molecular weight excluding hydrogens is 276 g/mol. The maximum atomic E-state index is 12.2. The van der Waals surface area contributed by atoms with Gasteiger partial charge in [0, 0.05) is 22.5 Å². The van der Waals surface area contributed by atoms with Gasteiger partial charge in [-0.2, -0.15) is 0 Å². The minimum absolute atomic E-state index is 0.295. The van der Waals surface area contributed by atoms with Crippen molar-refractivity contribution < 1.29 is 9.21 Å². The molecule has 20 heavy (non-hydrogen) atoms. The topological polar surface area (TPSA) is 80.9 Å². The smallest absolute Gasteiger partial charge is 0.293 e. The van der Waals surface area contributed by atoms with Gasteiger partial charge in [-0.05, 0) is 43.2 Å². The van der Waals surface area contributed by atoms with E-state index < -0.39 is 0 Å². The largest absolute Gasteiger partial charge is 0.451 e. The molecule has 0 atom stereocenters. The zero-order chi connectivity index (χ0) is 14.3. The molecule has 0 bridgehead atoms. The molecule has 2 heterocycles. The van der Waals surface area contributed by atoms with Crippen molar-refractivity contribution in [3.63, 3.8) is 0 Å². The summed E-state index contributed by atoms with van der Waals surface area (Å²) in [6.07, 6.45) is 0. The van der Waals surface area contributed by atoms with Crippen LogP contribution in [0.15, 0.2) is 16.5 Å². The Morgan fingerprint density at radius 1 is 1.30 bits per heavy atom. The molecule has 2 aromatic heterocycles. The van der Waals surface area contributed by atoms with E-state index in [0.717, 1.165) is 39.2 Å². The number of amides is 1. The Morgan fingerprint density at radius 3 is 2.80 bits per heavy atom. The van der Waals surface area contributed by atoms with E-state index in [1.165, 1.54) is 0 Å². The summed E-state index contributed by atoms with van der Waals surface area (Å²) in [6.45, 7) is 5.88. The minimum Gasteiger partial charge on any atom is -0.451 e. The molecule has 6 nitrogen and oxygen atoms in total. The fourth-order valence-electron chi connectivity index (χ4n) is 2.34. The van der Waals surface area contributed by atoms with Gasteiger partial charge < -0.3 is 4.42 Å². The van der Waals surface area contributed by atoms with E-state index in [0.29, 0.717) is 10.9 Å². The minimum atomic E-state index is -0.339. The van der Waals surface area contributed by atoms with Crippen molar-refractivity contribution in [3.8, 4) is 0 Å². The van der Waals surface area contributed by atoms with Gasteiger partial charge >= 0.3 is 0 Å². The lowest BCUT2D eigenvalue weighted by Crippen LogP contribution is -2.11. The van der Waals surface area contributed by atoms with Crippen LogP contribution in [-0.4, -0.2) is 20.7 Å². The molecule has 1 aromatic carbocycles. The second-order valence-corrected chi connectivity index (χ2v) is 5.37. The molecule has 0 fully saturated rings. The molecule has 0 radical (unpaired) electrons. The molecule has 3 aromatic rings. The standard InChI is InChI=1S/C13H12N4O2S/c1-6-4-7(2)10-8(3)11(19-9(10)5-6)12(18)14-13-15-16-17-20-13/h4-5H,1-3H3,(H,14,15,17,18). The van der Waals surface area contributed by atoms with E-state index >= 15 is 0 Å². The number of aromatic nitrogens is 3. The fourth-order valence-corrected chi connectivity index (χ4v) is 2.70. The first-order valence-electron chi connectivity index (χ1n) is 6.03. The number of benzene rings is 1. The highest BCUT2D eigenvalue weighted by Gasteiger charge is 2.20. The summed E-state index contributed by atoms with van der Waals surface area (Å²) >= 11 is 1.02. The van der Waals surface area contributed by atoms with Crippen LogP contribution in [0.3, 0.4) is 0 Å². The van der Waals surface area contributed by atoms with E-state index in [9.17, 15) is 4.79 Å². The normalized spacial score (nSPS) is 10.9. The van der Waals surface area contributed by atoms with Gasteiger partial charge in [-0.3, -0.25) is 10.1 Å². The monoisotopic (exact) mass is 288 g/mol. The van der Waals surface area contributed by atoms with Crippen LogP contribution in [0.4, 0.5) is 5.13 Å².